The highest BCUT2D eigenvalue weighted by atomic mass is 16.5. The van der Waals surface area contributed by atoms with Crippen molar-refractivity contribution in [2.75, 3.05) is 24.7 Å². The molecule has 3 rings (SSSR count). The van der Waals surface area contributed by atoms with Crippen LogP contribution >= 0.6 is 0 Å². The van der Waals surface area contributed by atoms with Crippen molar-refractivity contribution < 1.29 is 44.4 Å². The molecule has 0 fully saturated rings. The van der Waals surface area contributed by atoms with Crippen LogP contribution in [0.5, 0.6) is 17.2 Å². The minimum absolute atomic E-state index is 0.254. The molecule has 3 aromatic carbocycles. The molecule has 13 heteroatoms. The number of benzene rings is 3. The van der Waals surface area contributed by atoms with Crippen molar-refractivity contribution in [2.45, 2.75) is 97.8 Å². The summed E-state index contributed by atoms with van der Waals surface area (Å²) in [5.74, 6) is 1.17. The lowest BCUT2D eigenvalue weighted by atomic mass is 9.79. The van der Waals surface area contributed by atoms with Gasteiger partial charge in [0.05, 0.1) is 36.9 Å². The van der Waals surface area contributed by atoms with E-state index in [1.54, 1.807) is 54.6 Å². The fraction of sp³-hybridized carbons (Fsp3) is 0.500. The normalized spacial score (nSPS) is 11.0. The molecule has 0 amide bonds. The Morgan fingerprint density at radius 2 is 0.714 bits per heavy atom. The first-order valence-corrected chi connectivity index (χ1v) is 17.9. The predicted octanol–water partition coefficient (Wildman–Crippen LogP) is 4.07. The van der Waals surface area contributed by atoms with E-state index in [0.29, 0.717) is 54.1 Å². The summed E-state index contributed by atoms with van der Waals surface area (Å²) in [5, 5.41) is 60.5. The van der Waals surface area contributed by atoms with Crippen LogP contribution in [0.2, 0.25) is 0 Å². The summed E-state index contributed by atoms with van der Waals surface area (Å²) in [5.41, 5.74) is 2.39. The van der Waals surface area contributed by atoms with Crippen LogP contribution in [0.3, 0.4) is 0 Å². The fourth-order valence-electron chi connectivity index (χ4n) is 5.50. The summed E-state index contributed by atoms with van der Waals surface area (Å²) < 4.78 is 19.0. The molecule has 0 unspecified atom stereocenters. The third kappa shape index (κ3) is 12.6. The van der Waals surface area contributed by atoms with Crippen molar-refractivity contribution in [2.24, 2.45) is 0 Å². The number of unbranched alkanes of at least 4 members (excludes halogenated alkanes) is 9. The zero-order chi connectivity index (χ0) is 35.6. The van der Waals surface area contributed by atoms with Gasteiger partial charge in [0.1, 0.15) is 17.2 Å². The van der Waals surface area contributed by atoms with Crippen LogP contribution in [0.4, 0.5) is 17.1 Å². The van der Waals surface area contributed by atoms with Gasteiger partial charge in [0.15, 0.2) is 0 Å². The minimum Gasteiger partial charge on any atom is -0.491 e. The van der Waals surface area contributed by atoms with Crippen LogP contribution in [-0.2, 0) is 0 Å². The Hall–Kier alpha value is -3.19. The molecule has 0 atom stereocenters. The number of nitrogens with zero attached hydrogens (tertiary/aromatic N) is 1. The molecule has 0 radical (unpaired) electrons. The van der Waals surface area contributed by atoms with E-state index in [-0.39, 0.29) is 16.4 Å². The first-order chi connectivity index (χ1) is 23.7. The lowest BCUT2D eigenvalue weighted by molar-refractivity contribution is 0.302. The van der Waals surface area contributed by atoms with Crippen molar-refractivity contribution in [3.8, 4) is 17.2 Å². The molecule has 0 saturated heterocycles. The van der Waals surface area contributed by atoms with Crippen molar-refractivity contribution in [1.29, 1.82) is 0 Å². The maximum atomic E-state index is 10.1. The van der Waals surface area contributed by atoms with Crippen LogP contribution in [0.1, 0.15) is 97.8 Å². The molecule has 3 aromatic rings. The van der Waals surface area contributed by atoms with E-state index in [9.17, 15) is 30.1 Å². The second-order valence-electron chi connectivity index (χ2n) is 12.4. The monoisotopic (exact) mass is 677 g/mol. The fourth-order valence-corrected chi connectivity index (χ4v) is 5.50. The Morgan fingerprint density at radius 1 is 0.429 bits per heavy atom. The Morgan fingerprint density at radius 3 is 0.959 bits per heavy atom. The molecule has 0 heterocycles. The number of ether oxygens (including phenoxy) is 3. The van der Waals surface area contributed by atoms with E-state index in [1.165, 1.54) is 0 Å². The molecule has 0 bridgehead atoms. The quantitative estimate of drug-likeness (QED) is 0.0605. The maximum absolute atomic E-state index is 10.1. The summed E-state index contributed by atoms with van der Waals surface area (Å²) >= 11 is 0. The summed E-state index contributed by atoms with van der Waals surface area (Å²) in [6.45, 7) is 7.62. The number of hydrogen-bond acceptors (Lipinski definition) is 10. The predicted molar refractivity (Wildman–Crippen MR) is 200 cm³/mol. The Labute approximate surface area is 293 Å². The SMILES string of the molecule is CCCCCCOc1cc(B(O)O)ccc1N(c1ccc(B(O)O)cc1OCCCCCC)c1ccc(B(O)O)cc1OCCCCCC. The van der Waals surface area contributed by atoms with Gasteiger partial charge >= 0.3 is 21.4 Å². The Bertz CT molecular complexity index is 1230. The maximum Gasteiger partial charge on any atom is 0.488 e. The average Bonchev–Trinajstić information content (AvgIpc) is 3.09. The summed E-state index contributed by atoms with van der Waals surface area (Å²) in [7, 11) is -5.15. The lowest BCUT2D eigenvalue weighted by Gasteiger charge is -2.31. The molecule has 6 N–H and O–H groups in total. The van der Waals surface area contributed by atoms with Crippen LogP contribution in [0, 0.1) is 0 Å². The van der Waals surface area contributed by atoms with Gasteiger partial charge in [-0.25, -0.2) is 0 Å². The van der Waals surface area contributed by atoms with Crippen LogP contribution in [-0.4, -0.2) is 71.3 Å². The lowest BCUT2D eigenvalue weighted by Crippen LogP contribution is -2.31. The first kappa shape index (κ1) is 40.2. The minimum atomic E-state index is -1.72. The third-order valence-corrected chi connectivity index (χ3v) is 8.34. The number of rotatable bonds is 24. The highest BCUT2D eigenvalue weighted by Gasteiger charge is 2.28. The number of anilines is 3. The summed E-state index contributed by atoms with van der Waals surface area (Å²) in [6, 6.07) is 14.8. The highest BCUT2D eigenvalue weighted by molar-refractivity contribution is 6.59. The number of hydrogen-bond donors (Lipinski definition) is 6. The van der Waals surface area contributed by atoms with E-state index >= 15 is 0 Å². The molecule has 266 valence electrons. The van der Waals surface area contributed by atoms with Gasteiger partial charge in [0.25, 0.3) is 0 Å². The second kappa shape index (κ2) is 21.8. The Balaban J connectivity index is 2.25. The Kier molecular flexibility index (Phi) is 17.9. The van der Waals surface area contributed by atoms with E-state index < -0.39 is 21.4 Å². The third-order valence-electron chi connectivity index (χ3n) is 8.34. The topological polar surface area (TPSA) is 152 Å². The summed E-state index contributed by atoms with van der Waals surface area (Å²) in [6.07, 6.45) is 11.8. The highest BCUT2D eigenvalue weighted by Crippen LogP contribution is 2.46. The molecule has 0 aliphatic heterocycles. The molecular weight excluding hydrogens is 623 g/mol. The van der Waals surface area contributed by atoms with Crippen molar-refractivity contribution in [3.05, 3.63) is 54.6 Å². The van der Waals surface area contributed by atoms with Gasteiger partial charge in [-0.3, -0.25) is 4.90 Å². The van der Waals surface area contributed by atoms with Crippen molar-refractivity contribution >= 4 is 54.8 Å². The first-order valence-electron chi connectivity index (χ1n) is 17.9. The van der Waals surface area contributed by atoms with Crippen molar-refractivity contribution in [1.82, 2.24) is 0 Å². The molecule has 0 spiro atoms. The van der Waals surface area contributed by atoms with Gasteiger partial charge in [-0.05, 0) is 72.0 Å². The second-order valence-corrected chi connectivity index (χ2v) is 12.4. The molecule has 0 aromatic heterocycles. The van der Waals surface area contributed by atoms with E-state index in [0.717, 1.165) is 77.0 Å². The standard InChI is InChI=1S/C36H54B3NO9/c1-4-7-10-13-22-47-34-25-28(37(41)42)16-19-31(34)40(32-20-17-29(38(43)44)26-35(32)48-23-14-11-8-5-2)33-21-18-30(39(45)46)27-36(33)49-24-15-12-9-6-3/h16-21,25-27,41-46H,4-15,22-24H2,1-3H3. The van der Waals surface area contributed by atoms with Gasteiger partial charge in [-0.2, -0.15) is 0 Å². The van der Waals surface area contributed by atoms with Gasteiger partial charge in [0.2, 0.25) is 0 Å². The molecule has 0 aliphatic rings. The van der Waals surface area contributed by atoms with Crippen molar-refractivity contribution in [3.63, 3.8) is 0 Å². The molecular formula is C36H54B3NO9. The van der Waals surface area contributed by atoms with Gasteiger partial charge < -0.3 is 44.4 Å². The van der Waals surface area contributed by atoms with Crippen LogP contribution < -0.4 is 35.5 Å². The zero-order valence-corrected chi connectivity index (χ0v) is 29.4. The van der Waals surface area contributed by atoms with Gasteiger partial charge in [-0.15, -0.1) is 0 Å². The average molecular weight is 677 g/mol. The smallest absolute Gasteiger partial charge is 0.488 e. The van der Waals surface area contributed by atoms with Gasteiger partial charge in [0, 0.05) is 0 Å². The molecule has 0 saturated carbocycles. The molecule has 0 aliphatic carbocycles. The van der Waals surface area contributed by atoms with Crippen LogP contribution in [0.25, 0.3) is 0 Å². The van der Waals surface area contributed by atoms with E-state index in [4.69, 9.17) is 14.2 Å². The zero-order valence-electron chi connectivity index (χ0n) is 29.4. The van der Waals surface area contributed by atoms with Crippen LogP contribution in [0.15, 0.2) is 54.6 Å². The molecule has 10 nitrogen and oxygen atoms in total. The van der Waals surface area contributed by atoms with E-state index in [2.05, 4.69) is 20.8 Å². The van der Waals surface area contributed by atoms with Gasteiger partial charge in [-0.1, -0.05) is 96.8 Å². The summed E-state index contributed by atoms with van der Waals surface area (Å²) in [4.78, 5) is 1.86. The van der Waals surface area contributed by atoms with E-state index in [1.807, 2.05) is 4.90 Å². The molecule has 49 heavy (non-hydrogen) atoms. The largest absolute Gasteiger partial charge is 0.491 e.